The predicted octanol–water partition coefficient (Wildman–Crippen LogP) is 5.50. The molecule has 1 atom stereocenters. The fraction of sp³-hybridized carbons (Fsp3) is 0.393. The minimum absolute atomic E-state index is 0.125. The van der Waals surface area contributed by atoms with E-state index in [2.05, 4.69) is 16.9 Å². The van der Waals surface area contributed by atoms with Crippen LogP contribution in [0, 0.1) is 0 Å². The summed E-state index contributed by atoms with van der Waals surface area (Å²) in [5.41, 5.74) is 0.772. The first kappa shape index (κ1) is 27.8. The molecule has 40 heavy (non-hydrogen) atoms. The van der Waals surface area contributed by atoms with Gasteiger partial charge >= 0.3 is 6.18 Å². The topological polar surface area (TPSA) is 70.5 Å². The van der Waals surface area contributed by atoms with Crippen molar-refractivity contribution in [3.05, 3.63) is 71.8 Å². The summed E-state index contributed by atoms with van der Waals surface area (Å²) in [6.45, 7) is 4.67. The van der Waals surface area contributed by atoms with Crippen LogP contribution in [0.1, 0.15) is 46.8 Å². The van der Waals surface area contributed by atoms with Gasteiger partial charge < -0.3 is 9.47 Å². The highest BCUT2D eigenvalue weighted by Crippen LogP contribution is 2.33. The van der Waals surface area contributed by atoms with Gasteiger partial charge in [0, 0.05) is 38.2 Å². The SMILES string of the molecule is C=CC(=O)N1CCC[C@@H](n2c(NC(=O)c3cccc(C(F)(F)F)c3)nc3cc(CN4CCC(F)(F)C4)ccc32)C1. The number of benzene rings is 2. The summed E-state index contributed by atoms with van der Waals surface area (Å²) in [5, 5.41) is 2.67. The zero-order chi connectivity index (χ0) is 28.7. The third-order valence-electron chi connectivity index (χ3n) is 7.33. The fourth-order valence-electron chi connectivity index (χ4n) is 5.41. The van der Waals surface area contributed by atoms with Crippen LogP contribution in [0.15, 0.2) is 55.1 Å². The fourth-order valence-corrected chi connectivity index (χ4v) is 5.41. The summed E-state index contributed by atoms with van der Waals surface area (Å²) in [6, 6.07) is 9.20. The van der Waals surface area contributed by atoms with Gasteiger partial charge in [-0.25, -0.2) is 13.8 Å². The summed E-state index contributed by atoms with van der Waals surface area (Å²) in [4.78, 5) is 33.3. The van der Waals surface area contributed by atoms with Crippen molar-refractivity contribution in [2.75, 3.05) is 31.5 Å². The number of alkyl halides is 5. The Bertz CT molecular complexity index is 1450. The molecule has 2 aliphatic heterocycles. The maximum Gasteiger partial charge on any atom is 0.416 e. The average molecular weight is 562 g/mol. The van der Waals surface area contributed by atoms with E-state index >= 15 is 0 Å². The first-order valence-corrected chi connectivity index (χ1v) is 12.9. The molecule has 0 saturated carbocycles. The van der Waals surface area contributed by atoms with Gasteiger partial charge in [0.15, 0.2) is 0 Å². The van der Waals surface area contributed by atoms with Crippen LogP contribution >= 0.6 is 0 Å². The molecule has 3 heterocycles. The van der Waals surface area contributed by atoms with Crippen molar-refractivity contribution in [3.63, 3.8) is 0 Å². The van der Waals surface area contributed by atoms with Crippen LogP contribution in [0.2, 0.25) is 0 Å². The summed E-state index contributed by atoms with van der Waals surface area (Å²) in [6.07, 6.45) is -2.21. The molecule has 0 radical (unpaired) electrons. The highest BCUT2D eigenvalue weighted by atomic mass is 19.4. The summed E-state index contributed by atoms with van der Waals surface area (Å²) in [5.74, 6) is -3.59. The molecule has 5 rings (SSSR count). The number of piperidine rings is 1. The molecule has 212 valence electrons. The van der Waals surface area contributed by atoms with Gasteiger partial charge in [-0.2, -0.15) is 13.2 Å². The number of hydrogen-bond donors (Lipinski definition) is 1. The summed E-state index contributed by atoms with van der Waals surface area (Å²) in [7, 11) is 0. The first-order valence-electron chi connectivity index (χ1n) is 12.9. The second-order valence-corrected chi connectivity index (χ2v) is 10.3. The highest BCUT2D eigenvalue weighted by Gasteiger charge is 2.38. The number of carbonyl (C=O) groups excluding carboxylic acids is 2. The molecular formula is C28H28F5N5O2. The second-order valence-electron chi connectivity index (χ2n) is 10.3. The van der Waals surface area contributed by atoms with E-state index in [-0.39, 0.29) is 43.0 Å². The first-order chi connectivity index (χ1) is 18.9. The molecule has 7 nitrogen and oxygen atoms in total. The molecule has 2 saturated heterocycles. The van der Waals surface area contributed by atoms with E-state index in [0.717, 1.165) is 23.8 Å². The second kappa shape index (κ2) is 10.6. The van der Waals surface area contributed by atoms with Gasteiger partial charge in [0.1, 0.15) is 0 Å². The molecule has 2 aromatic carbocycles. The van der Waals surface area contributed by atoms with Crippen LogP contribution in [0.5, 0.6) is 0 Å². The van der Waals surface area contributed by atoms with Crippen LogP contribution < -0.4 is 5.32 Å². The van der Waals surface area contributed by atoms with Crippen molar-refractivity contribution in [3.8, 4) is 0 Å². The molecule has 3 aromatic rings. The number of anilines is 1. The van der Waals surface area contributed by atoms with E-state index in [9.17, 15) is 31.5 Å². The number of likely N-dealkylation sites (tertiary alicyclic amines) is 2. The smallest absolute Gasteiger partial charge is 0.337 e. The largest absolute Gasteiger partial charge is 0.416 e. The van der Waals surface area contributed by atoms with E-state index in [4.69, 9.17) is 0 Å². The van der Waals surface area contributed by atoms with Gasteiger partial charge in [-0.3, -0.25) is 19.8 Å². The summed E-state index contributed by atoms with van der Waals surface area (Å²) < 4.78 is 68.8. The number of nitrogens with one attached hydrogen (secondary N) is 1. The highest BCUT2D eigenvalue weighted by molar-refractivity contribution is 6.04. The van der Waals surface area contributed by atoms with Crippen molar-refractivity contribution < 1.29 is 31.5 Å². The van der Waals surface area contributed by atoms with Crippen molar-refractivity contribution in [2.45, 2.75) is 43.9 Å². The Kier molecular flexibility index (Phi) is 7.38. The number of halogens is 5. The Labute approximate surface area is 227 Å². The quantitative estimate of drug-likeness (QED) is 0.319. The van der Waals surface area contributed by atoms with Crippen LogP contribution in [0.25, 0.3) is 11.0 Å². The third-order valence-corrected chi connectivity index (χ3v) is 7.33. The molecule has 0 spiro atoms. The molecule has 12 heteroatoms. The summed E-state index contributed by atoms with van der Waals surface area (Å²) >= 11 is 0. The van der Waals surface area contributed by atoms with Gasteiger partial charge in [0.2, 0.25) is 11.9 Å². The number of rotatable bonds is 6. The lowest BCUT2D eigenvalue weighted by atomic mass is 10.0. The molecule has 2 fully saturated rings. The molecule has 0 unspecified atom stereocenters. The number of imidazole rings is 1. The van der Waals surface area contributed by atoms with Crippen LogP contribution in [0.4, 0.5) is 27.9 Å². The predicted molar refractivity (Wildman–Crippen MR) is 139 cm³/mol. The number of fused-ring (bicyclic) bond motifs is 1. The standard InChI is InChI=1S/C28H28F5N5O2/c1-2-24(39)37-11-4-7-21(16-37)38-23-9-8-18(15-36-12-10-27(29,30)17-36)13-22(23)34-26(38)35-25(40)19-5-3-6-20(14-19)28(31,32)33/h2-3,5-6,8-9,13-14,21H,1,4,7,10-12,15-17H2,(H,34,35,40)/t21-/m1/s1. The van der Waals surface area contributed by atoms with Crippen LogP contribution in [-0.4, -0.2) is 63.3 Å². The number of nitrogens with zero attached hydrogens (tertiary/aromatic N) is 4. The van der Waals surface area contributed by atoms with Crippen molar-refractivity contribution >= 4 is 28.8 Å². The maximum absolute atomic E-state index is 13.7. The molecule has 1 aromatic heterocycles. The Balaban J connectivity index is 1.49. The minimum Gasteiger partial charge on any atom is -0.337 e. The molecule has 0 bridgehead atoms. The monoisotopic (exact) mass is 561 g/mol. The van der Waals surface area contributed by atoms with Crippen molar-refractivity contribution in [2.24, 2.45) is 0 Å². The average Bonchev–Trinajstić information content (AvgIpc) is 3.45. The van der Waals surface area contributed by atoms with E-state index in [1.807, 2.05) is 6.07 Å². The van der Waals surface area contributed by atoms with E-state index < -0.39 is 23.6 Å². The zero-order valence-electron chi connectivity index (χ0n) is 21.6. The van der Waals surface area contributed by atoms with Gasteiger partial charge in [-0.15, -0.1) is 0 Å². The number of aromatic nitrogens is 2. The number of carbonyl (C=O) groups is 2. The van der Waals surface area contributed by atoms with E-state index in [0.29, 0.717) is 43.5 Å². The Morgan fingerprint density at radius 1 is 1.15 bits per heavy atom. The molecular weight excluding hydrogens is 533 g/mol. The Morgan fingerprint density at radius 2 is 1.95 bits per heavy atom. The number of hydrogen-bond acceptors (Lipinski definition) is 4. The van der Waals surface area contributed by atoms with Gasteiger partial charge in [-0.05, 0) is 54.8 Å². The van der Waals surface area contributed by atoms with Gasteiger partial charge in [-0.1, -0.05) is 18.7 Å². The van der Waals surface area contributed by atoms with Crippen molar-refractivity contribution in [1.82, 2.24) is 19.4 Å². The van der Waals surface area contributed by atoms with E-state index in [1.54, 1.807) is 26.5 Å². The zero-order valence-corrected chi connectivity index (χ0v) is 21.6. The molecule has 1 N–H and O–H groups in total. The van der Waals surface area contributed by atoms with Gasteiger partial charge in [0.25, 0.3) is 11.8 Å². The van der Waals surface area contributed by atoms with E-state index in [1.165, 1.54) is 12.1 Å². The van der Waals surface area contributed by atoms with Crippen molar-refractivity contribution in [1.29, 1.82) is 0 Å². The normalized spacial score (nSPS) is 19.6. The molecule has 2 aliphatic rings. The Morgan fingerprint density at radius 3 is 2.65 bits per heavy atom. The van der Waals surface area contributed by atoms with Crippen LogP contribution in [0.3, 0.4) is 0 Å². The molecule has 0 aliphatic carbocycles. The lowest BCUT2D eigenvalue weighted by Gasteiger charge is -2.33. The lowest BCUT2D eigenvalue weighted by Crippen LogP contribution is -2.40. The maximum atomic E-state index is 13.7. The third kappa shape index (κ3) is 5.86. The molecule has 2 amide bonds. The van der Waals surface area contributed by atoms with Gasteiger partial charge in [0.05, 0.1) is 29.2 Å². The number of amides is 2. The van der Waals surface area contributed by atoms with Crippen LogP contribution in [-0.2, 0) is 17.5 Å². The Hall–Kier alpha value is -3.80. The minimum atomic E-state index is -4.61. The lowest BCUT2D eigenvalue weighted by molar-refractivity contribution is -0.137.